The molecule has 0 fully saturated rings. The minimum absolute atomic E-state index is 0.0757. The molecule has 3 aromatic heterocycles. The summed E-state index contributed by atoms with van der Waals surface area (Å²) in [7, 11) is 1.66. The first-order valence-corrected chi connectivity index (χ1v) is 10.1. The predicted octanol–water partition coefficient (Wildman–Crippen LogP) is -0.194. The van der Waals surface area contributed by atoms with Gasteiger partial charge in [-0.15, -0.1) is 0 Å². The maximum absolute atomic E-state index is 13.2. The summed E-state index contributed by atoms with van der Waals surface area (Å²) >= 11 is 0. The molecule has 0 unspecified atom stereocenters. The first kappa shape index (κ1) is 22.0. The normalized spacial score (nSPS) is 11.2. The van der Waals surface area contributed by atoms with Gasteiger partial charge in [0.05, 0.1) is 6.20 Å². The molecule has 31 heavy (non-hydrogen) atoms. The Balaban J connectivity index is 2.04. The monoisotopic (exact) mass is 430 g/mol. The summed E-state index contributed by atoms with van der Waals surface area (Å²) in [5, 5.41) is 4.29. The Hall–Kier alpha value is -3.70. The van der Waals surface area contributed by atoms with Gasteiger partial charge >= 0.3 is 5.69 Å². The van der Waals surface area contributed by atoms with Gasteiger partial charge in [-0.25, -0.2) is 9.78 Å². The number of rotatable bonds is 8. The fraction of sp³-hybridized carbons (Fsp3) is 0.474. The van der Waals surface area contributed by atoms with Crippen molar-refractivity contribution in [3.05, 3.63) is 43.7 Å². The molecule has 0 aliphatic rings. The zero-order valence-electron chi connectivity index (χ0n) is 17.8. The molecule has 0 aromatic carbocycles. The zero-order valence-corrected chi connectivity index (χ0v) is 17.8. The molecular weight excluding hydrogens is 404 g/mol. The molecule has 0 atom stereocenters. The maximum Gasteiger partial charge on any atom is 0.330 e. The maximum atomic E-state index is 13.2. The number of nitrogens with two attached hydrogens (primary N) is 1. The number of nitrogen functional groups attached to an aromatic ring is 1. The number of aromatic amines is 1. The van der Waals surface area contributed by atoms with Crippen LogP contribution in [0.5, 0.6) is 0 Å². The summed E-state index contributed by atoms with van der Waals surface area (Å²) in [5.74, 6) is -0.590. The number of H-pyrrole nitrogens is 1. The third-order valence-electron chi connectivity index (χ3n) is 4.99. The summed E-state index contributed by atoms with van der Waals surface area (Å²) in [6.07, 6.45) is 4.65. The van der Waals surface area contributed by atoms with E-state index in [0.717, 1.165) is 11.0 Å². The van der Waals surface area contributed by atoms with Crippen molar-refractivity contribution in [2.24, 2.45) is 7.05 Å². The number of hydrogen-bond acceptors (Lipinski definition) is 7. The van der Waals surface area contributed by atoms with Gasteiger partial charge in [-0.3, -0.25) is 33.2 Å². The molecule has 3 rings (SSSR count). The second kappa shape index (κ2) is 8.98. The third-order valence-corrected chi connectivity index (χ3v) is 4.99. The summed E-state index contributed by atoms with van der Waals surface area (Å²) in [6, 6.07) is 0. The van der Waals surface area contributed by atoms with E-state index < -0.39 is 22.7 Å². The SMILES string of the molecule is CCCCN(C(=O)Cn1cnc2c(cnn2C)c1=O)c1c(N)n(CCC)c(=O)[nH]c1=O. The van der Waals surface area contributed by atoms with Gasteiger partial charge in [0.15, 0.2) is 11.3 Å². The van der Waals surface area contributed by atoms with Crippen molar-refractivity contribution in [2.45, 2.75) is 46.2 Å². The van der Waals surface area contributed by atoms with Crippen LogP contribution in [0.3, 0.4) is 0 Å². The van der Waals surface area contributed by atoms with Gasteiger partial charge in [-0.1, -0.05) is 20.3 Å². The zero-order chi connectivity index (χ0) is 22.7. The number of carbonyl (C=O) groups is 1. The number of unbranched alkanes of at least 4 members (excludes halogenated alkanes) is 1. The van der Waals surface area contributed by atoms with Gasteiger partial charge in [-0.2, -0.15) is 5.10 Å². The molecule has 166 valence electrons. The highest BCUT2D eigenvalue weighted by molar-refractivity contribution is 5.95. The Labute approximate surface area is 176 Å². The van der Waals surface area contributed by atoms with Crippen LogP contribution in [0.1, 0.15) is 33.1 Å². The van der Waals surface area contributed by atoms with Crippen molar-refractivity contribution < 1.29 is 4.79 Å². The summed E-state index contributed by atoms with van der Waals surface area (Å²) in [5.41, 5.74) is 4.67. The molecule has 0 bridgehead atoms. The molecule has 1 amide bonds. The third kappa shape index (κ3) is 4.13. The highest BCUT2D eigenvalue weighted by Gasteiger charge is 2.24. The standard InChI is InChI=1S/C19H26N8O4/c1-4-6-8-26(14-15(20)27(7-5-2)19(31)23-17(14)29)13(28)10-25-11-21-16-12(18(25)30)9-22-24(16)3/h9,11H,4-8,10,20H2,1-3H3,(H,23,29,31). The van der Waals surface area contributed by atoms with Crippen molar-refractivity contribution >= 4 is 28.4 Å². The van der Waals surface area contributed by atoms with Crippen molar-refractivity contribution in [1.29, 1.82) is 0 Å². The summed E-state index contributed by atoms with van der Waals surface area (Å²) in [6.45, 7) is 3.98. The van der Waals surface area contributed by atoms with Crippen LogP contribution in [0.15, 0.2) is 26.9 Å². The number of aryl methyl sites for hydroxylation is 1. The summed E-state index contributed by atoms with van der Waals surface area (Å²) in [4.78, 5) is 58.3. The highest BCUT2D eigenvalue weighted by Crippen LogP contribution is 2.18. The minimum Gasteiger partial charge on any atom is -0.383 e. The molecular formula is C19H26N8O4. The lowest BCUT2D eigenvalue weighted by Crippen LogP contribution is -2.43. The van der Waals surface area contributed by atoms with Gasteiger partial charge in [0, 0.05) is 20.1 Å². The Morgan fingerprint density at radius 3 is 2.65 bits per heavy atom. The van der Waals surface area contributed by atoms with Crippen LogP contribution >= 0.6 is 0 Å². The first-order valence-electron chi connectivity index (χ1n) is 10.1. The lowest BCUT2D eigenvalue weighted by molar-refractivity contribution is -0.119. The van der Waals surface area contributed by atoms with Crippen molar-refractivity contribution in [3.8, 4) is 0 Å². The lowest BCUT2D eigenvalue weighted by Gasteiger charge is -2.24. The van der Waals surface area contributed by atoms with Crippen LogP contribution in [-0.2, 0) is 24.9 Å². The van der Waals surface area contributed by atoms with E-state index in [0.29, 0.717) is 25.0 Å². The van der Waals surface area contributed by atoms with Gasteiger partial charge < -0.3 is 10.6 Å². The van der Waals surface area contributed by atoms with Crippen LogP contribution in [0.4, 0.5) is 11.5 Å². The van der Waals surface area contributed by atoms with Gasteiger partial charge in [0.2, 0.25) is 5.91 Å². The molecule has 0 radical (unpaired) electrons. The molecule has 3 aromatic rings. The minimum atomic E-state index is -0.743. The van der Waals surface area contributed by atoms with E-state index in [4.69, 9.17) is 5.73 Å². The fourth-order valence-corrected chi connectivity index (χ4v) is 3.37. The fourth-order valence-electron chi connectivity index (χ4n) is 3.37. The molecule has 0 saturated carbocycles. The second-order valence-electron chi connectivity index (χ2n) is 7.23. The highest BCUT2D eigenvalue weighted by atomic mass is 16.2. The van der Waals surface area contributed by atoms with Crippen LogP contribution in [-0.4, -0.2) is 41.3 Å². The Kier molecular flexibility index (Phi) is 6.37. The van der Waals surface area contributed by atoms with Crippen LogP contribution in [0.25, 0.3) is 11.0 Å². The number of aromatic nitrogens is 6. The average molecular weight is 430 g/mol. The van der Waals surface area contributed by atoms with Gasteiger partial charge in [-0.05, 0) is 12.8 Å². The van der Waals surface area contributed by atoms with E-state index in [9.17, 15) is 19.2 Å². The summed E-state index contributed by atoms with van der Waals surface area (Å²) < 4.78 is 3.86. The molecule has 3 N–H and O–H groups in total. The Bertz CT molecular complexity index is 1280. The number of hydrogen-bond donors (Lipinski definition) is 2. The van der Waals surface area contributed by atoms with Crippen molar-refractivity contribution in [1.82, 2.24) is 28.9 Å². The molecule has 12 nitrogen and oxygen atoms in total. The number of anilines is 2. The molecule has 0 spiro atoms. The molecule has 0 aliphatic carbocycles. The van der Waals surface area contributed by atoms with Crippen LogP contribution < -0.4 is 27.4 Å². The van der Waals surface area contributed by atoms with E-state index in [1.165, 1.54) is 26.7 Å². The van der Waals surface area contributed by atoms with Crippen molar-refractivity contribution in [3.63, 3.8) is 0 Å². The number of nitrogens with one attached hydrogen (secondary N) is 1. The topological polar surface area (TPSA) is 154 Å². The number of amides is 1. The molecule has 0 saturated heterocycles. The van der Waals surface area contributed by atoms with Gasteiger partial charge in [0.25, 0.3) is 11.1 Å². The smallest absolute Gasteiger partial charge is 0.330 e. The van der Waals surface area contributed by atoms with E-state index in [1.807, 2.05) is 13.8 Å². The Morgan fingerprint density at radius 2 is 1.97 bits per heavy atom. The van der Waals surface area contributed by atoms with E-state index >= 15 is 0 Å². The molecule has 0 aliphatic heterocycles. The number of carbonyl (C=O) groups excluding carboxylic acids is 1. The van der Waals surface area contributed by atoms with Crippen molar-refractivity contribution in [2.75, 3.05) is 17.2 Å². The molecule has 12 heteroatoms. The predicted molar refractivity (Wildman–Crippen MR) is 116 cm³/mol. The van der Waals surface area contributed by atoms with E-state index in [2.05, 4.69) is 15.1 Å². The van der Waals surface area contributed by atoms with Crippen LogP contribution in [0.2, 0.25) is 0 Å². The van der Waals surface area contributed by atoms with E-state index in [-0.39, 0.29) is 30.0 Å². The number of fused-ring (bicyclic) bond motifs is 1. The number of nitrogens with zero attached hydrogens (tertiary/aromatic N) is 6. The quantitative estimate of drug-likeness (QED) is 0.502. The Morgan fingerprint density at radius 1 is 1.23 bits per heavy atom. The second-order valence-corrected chi connectivity index (χ2v) is 7.23. The van der Waals surface area contributed by atoms with Gasteiger partial charge in [0.1, 0.15) is 24.1 Å². The largest absolute Gasteiger partial charge is 0.383 e. The van der Waals surface area contributed by atoms with E-state index in [1.54, 1.807) is 7.05 Å². The lowest BCUT2D eigenvalue weighted by atomic mass is 10.2. The average Bonchev–Trinajstić information content (AvgIpc) is 3.11. The first-order chi connectivity index (χ1) is 14.8. The van der Waals surface area contributed by atoms with Crippen LogP contribution in [0, 0.1) is 0 Å². The molecule has 3 heterocycles.